The lowest BCUT2D eigenvalue weighted by Gasteiger charge is -2.25. The topological polar surface area (TPSA) is 93.7 Å². The lowest BCUT2D eigenvalue weighted by molar-refractivity contribution is -0.136. The fraction of sp³-hybridized carbons (Fsp3) is 0.161. The highest BCUT2D eigenvalue weighted by molar-refractivity contribution is 7.07. The summed E-state index contributed by atoms with van der Waals surface area (Å²) in [7, 11) is 1.34. The Balaban J connectivity index is 1.55. The maximum absolute atomic E-state index is 13.8. The van der Waals surface area contributed by atoms with Gasteiger partial charge in [0.05, 0.1) is 40.6 Å². The fourth-order valence-corrected chi connectivity index (χ4v) is 5.60. The first kappa shape index (κ1) is 25.9. The fourth-order valence-electron chi connectivity index (χ4n) is 4.58. The third kappa shape index (κ3) is 5.17. The molecule has 8 heteroatoms. The molecule has 3 aromatic carbocycles. The number of ether oxygens (including phenoxy) is 2. The molecule has 0 aliphatic carbocycles. The van der Waals surface area contributed by atoms with E-state index in [2.05, 4.69) is 6.07 Å². The number of esters is 1. The Morgan fingerprint density at radius 2 is 1.87 bits per heavy atom. The molecule has 0 bridgehead atoms. The third-order valence-electron chi connectivity index (χ3n) is 6.45. The minimum atomic E-state index is -0.637. The molecule has 1 aromatic heterocycles. The number of carbonyl (C=O) groups excluding carboxylic acids is 1. The van der Waals surface area contributed by atoms with Crippen molar-refractivity contribution in [1.82, 2.24) is 4.57 Å². The van der Waals surface area contributed by atoms with Crippen LogP contribution in [0.25, 0.3) is 6.08 Å². The normalized spacial score (nSPS) is 14.8. The monoisotopic (exact) mass is 535 g/mol. The molecule has 0 unspecified atom stereocenters. The average molecular weight is 536 g/mol. The van der Waals surface area contributed by atoms with Crippen LogP contribution in [0.5, 0.6) is 5.75 Å². The molecular formula is C31H25N3O4S. The van der Waals surface area contributed by atoms with Crippen LogP contribution in [0.3, 0.4) is 0 Å². The molecule has 1 atom stereocenters. The number of thiazole rings is 1. The maximum atomic E-state index is 13.8. The Bertz CT molecular complexity index is 1800. The Kier molecular flexibility index (Phi) is 7.53. The first-order valence-corrected chi connectivity index (χ1v) is 13.2. The first-order valence-electron chi connectivity index (χ1n) is 12.4. The molecule has 0 fully saturated rings. The number of hydrogen-bond acceptors (Lipinski definition) is 7. The molecule has 0 saturated heterocycles. The molecule has 0 spiro atoms. The van der Waals surface area contributed by atoms with Gasteiger partial charge in [-0.2, -0.15) is 5.26 Å². The van der Waals surface area contributed by atoms with Gasteiger partial charge in [-0.25, -0.2) is 9.79 Å². The number of carbonyl (C=O) groups is 1. The van der Waals surface area contributed by atoms with E-state index in [0.29, 0.717) is 38.3 Å². The van der Waals surface area contributed by atoms with Crippen molar-refractivity contribution in [2.45, 2.75) is 26.0 Å². The van der Waals surface area contributed by atoms with Gasteiger partial charge in [-0.1, -0.05) is 78.9 Å². The average Bonchev–Trinajstić information content (AvgIpc) is 3.29. The lowest BCUT2D eigenvalue weighted by Crippen LogP contribution is -2.40. The Hall–Kier alpha value is -4.74. The zero-order valence-corrected chi connectivity index (χ0v) is 22.3. The quantitative estimate of drug-likeness (QED) is 0.330. The van der Waals surface area contributed by atoms with Gasteiger partial charge in [0.15, 0.2) is 4.80 Å². The van der Waals surface area contributed by atoms with Crippen LogP contribution in [0.2, 0.25) is 0 Å². The van der Waals surface area contributed by atoms with E-state index < -0.39 is 12.0 Å². The highest BCUT2D eigenvalue weighted by Gasteiger charge is 2.33. The molecule has 4 aromatic rings. The summed E-state index contributed by atoms with van der Waals surface area (Å²) >= 11 is 1.28. The summed E-state index contributed by atoms with van der Waals surface area (Å²) < 4.78 is 13.1. The van der Waals surface area contributed by atoms with Gasteiger partial charge in [-0.3, -0.25) is 9.36 Å². The zero-order valence-electron chi connectivity index (χ0n) is 21.5. The van der Waals surface area contributed by atoms with Gasteiger partial charge in [0.1, 0.15) is 12.4 Å². The van der Waals surface area contributed by atoms with Crippen LogP contribution in [0, 0.1) is 11.3 Å². The van der Waals surface area contributed by atoms with Crippen molar-refractivity contribution in [3.05, 3.63) is 132 Å². The number of benzene rings is 3. The molecule has 0 N–H and O–H groups in total. The number of aromatic nitrogens is 1. The van der Waals surface area contributed by atoms with Crippen LogP contribution >= 0.6 is 11.3 Å². The molecule has 0 radical (unpaired) electrons. The van der Waals surface area contributed by atoms with E-state index in [0.717, 1.165) is 16.7 Å². The van der Waals surface area contributed by atoms with Crippen LogP contribution < -0.4 is 19.6 Å². The summed E-state index contributed by atoms with van der Waals surface area (Å²) in [5.41, 5.74) is 3.70. The lowest BCUT2D eigenvalue weighted by atomic mass is 9.95. The molecule has 5 rings (SSSR count). The second-order valence-corrected chi connectivity index (χ2v) is 9.84. The van der Waals surface area contributed by atoms with Gasteiger partial charge < -0.3 is 9.47 Å². The molecule has 1 aliphatic rings. The Morgan fingerprint density at radius 3 is 2.62 bits per heavy atom. The SMILES string of the molecule is CCC1=C(C(=O)OC)[C@@H](c2ccccc2)n2c(s/c(=C/c3cccc(OCc4ccccc4C#N)c3)c2=O)=N1. The maximum Gasteiger partial charge on any atom is 0.338 e. The van der Waals surface area contributed by atoms with Crippen LogP contribution in [0.15, 0.2) is 99.9 Å². The van der Waals surface area contributed by atoms with Crippen LogP contribution in [0.1, 0.15) is 41.6 Å². The second-order valence-electron chi connectivity index (χ2n) is 8.83. The van der Waals surface area contributed by atoms with Crippen molar-refractivity contribution in [1.29, 1.82) is 5.26 Å². The molecule has 7 nitrogen and oxygen atoms in total. The summed E-state index contributed by atoms with van der Waals surface area (Å²) in [5.74, 6) is 0.120. The standard InChI is InChI=1S/C31H25N3O4S/c1-3-25-27(30(36)37-2)28(21-11-5-4-6-12-21)34-29(35)26(39-31(34)33-25)17-20-10-9-15-24(16-20)38-19-23-14-8-7-13-22(23)18-32/h4-17,28H,3,19H2,1-2H3/b26-17+/t28-/m1/s1. The highest BCUT2D eigenvalue weighted by Crippen LogP contribution is 2.31. The van der Waals surface area contributed by atoms with Crippen molar-refractivity contribution in [2.75, 3.05) is 7.11 Å². The van der Waals surface area contributed by atoms with Crippen molar-refractivity contribution in [3.8, 4) is 11.8 Å². The predicted octanol–water partition coefficient (Wildman–Crippen LogP) is 4.25. The number of rotatable bonds is 7. The van der Waals surface area contributed by atoms with Crippen LogP contribution in [0.4, 0.5) is 0 Å². The van der Waals surface area contributed by atoms with Gasteiger partial charge in [-0.05, 0) is 41.8 Å². The number of nitrogens with zero attached hydrogens (tertiary/aromatic N) is 3. The van der Waals surface area contributed by atoms with E-state index in [1.54, 1.807) is 16.7 Å². The molecule has 0 amide bonds. The molecule has 0 saturated carbocycles. The van der Waals surface area contributed by atoms with E-state index in [1.807, 2.05) is 79.7 Å². The smallest absolute Gasteiger partial charge is 0.338 e. The molecular weight excluding hydrogens is 510 g/mol. The van der Waals surface area contributed by atoms with Crippen molar-refractivity contribution in [2.24, 2.45) is 4.99 Å². The van der Waals surface area contributed by atoms with Gasteiger partial charge in [0.2, 0.25) is 0 Å². The van der Waals surface area contributed by atoms with E-state index in [-0.39, 0.29) is 12.2 Å². The van der Waals surface area contributed by atoms with Crippen molar-refractivity contribution in [3.63, 3.8) is 0 Å². The van der Waals surface area contributed by atoms with E-state index in [4.69, 9.17) is 14.5 Å². The zero-order chi connectivity index (χ0) is 27.4. The van der Waals surface area contributed by atoms with Gasteiger partial charge in [0, 0.05) is 5.56 Å². The summed E-state index contributed by atoms with van der Waals surface area (Å²) in [6, 6.07) is 25.7. The molecule has 39 heavy (non-hydrogen) atoms. The molecule has 194 valence electrons. The number of nitriles is 1. The number of hydrogen-bond donors (Lipinski definition) is 0. The van der Waals surface area contributed by atoms with Gasteiger partial charge >= 0.3 is 5.97 Å². The molecule has 2 heterocycles. The van der Waals surface area contributed by atoms with Gasteiger partial charge in [0.25, 0.3) is 5.56 Å². The van der Waals surface area contributed by atoms with Crippen LogP contribution in [-0.4, -0.2) is 17.6 Å². The number of allylic oxidation sites excluding steroid dienone is 1. The summed E-state index contributed by atoms with van der Waals surface area (Å²) in [4.78, 5) is 31.9. The van der Waals surface area contributed by atoms with E-state index in [1.165, 1.54) is 18.4 Å². The first-order chi connectivity index (χ1) is 19.0. The largest absolute Gasteiger partial charge is 0.489 e. The predicted molar refractivity (Wildman–Crippen MR) is 149 cm³/mol. The second kappa shape index (κ2) is 11.3. The Labute approximate surface area is 229 Å². The van der Waals surface area contributed by atoms with Crippen LogP contribution in [-0.2, 0) is 16.1 Å². The van der Waals surface area contributed by atoms with Gasteiger partial charge in [-0.15, -0.1) is 0 Å². The van der Waals surface area contributed by atoms with Crippen molar-refractivity contribution < 1.29 is 14.3 Å². The summed E-state index contributed by atoms with van der Waals surface area (Å²) in [6.07, 6.45) is 2.32. The number of fused-ring (bicyclic) bond motifs is 1. The van der Waals surface area contributed by atoms with E-state index >= 15 is 0 Å². The van der Waals surface area contributed by atoms with E-state index in [9.17, 15) is 14.9 Å². The number of methoxy groups -OCH3 is 1. The van der Waals surface area contributed by atoms with Crippen molar-refractivity contribution >= 4 is 23.4 Å². The highest BCUT2D eigenvalue weighted by atomic mass is 32.1. The Morgan fingerprint density at radius 1 is 1.10 bits per heavy atom. The summed E-state index contributed by atoms with van der Waals surface area (Å²) in [6.45, 7) is 2.18. The minimum absolute atomic E-state index is 0.238. The third-order valence-corrected chi connectivity index (χ3v) is 7.44. The molecule has 1 aliphatic heterocycles. The summed E-state index contributed by atoms with van der Waals surface area (Å²) in [5, 5.41) is 9.33. The minimum Gasteiger partial charge on any atom is -0.489 e.